The Morgan fingerprint density at radius 2 is 1.29 bits per heavy atom. The molecule has 0 aliphatic carbocycles. The second-order valence-corrected chi connectivity index (χ2v) is 3.22. The van der Waals surface area contributed by atoms with Crippen LogP contribution in [-0.4, -0.2) is 38.0 Å². The number of hydrogen-bond acceptors (Lipinski definition) is 4. The number of hydrogen-bond donors (Lipinski definition) is 0. The van der Waals surface area contributed by atoms with E-state index in [0.29, 0.717) is 13.2 Å². The Bertz CT molecular complexity index is 204. The summed E-state index contributed by atoms with van der Waals surface area (Å²) in [6.07, 6.45) is 2.49. The first-order valence-corrected chi connectivity index (χ1v) is 4.62. The van der Waals surface area contributed by atoms with Crippen LogP contribution in [-0.2, 0) is 18.9 Å². The summed E-state index contributed by atoms with van der Waals surface area (Å²) in [5.41, 5.74) is 0. The van der Waals surface area contributed by atoms with Crippen molar-refractivity contribution in [3.05, 3.63) is 25.3 Å². The molecule has 2 rings (SSSR count). The van der Waals surface area contributed by atoms with Crippen LogP contribution < -0.4 is 0 Å². The van der Waals surface area contributed by atoms with Gasteiger partial charge in [-0.15, -0.1) is 0 Å². The topological polar surface area (TPSA) is 36.9 Å². The molecule has 0 aromatic rings. The van der Waals surface area contributed by atoms with Gasteiger partial charge in [0.1, 0.15) is 12.2 Å². The summed E-state index contributed by atoms with van der Waals surface area (Å²) in [4.78, 5) is 0. The van der Waals surface area contributed by atoms with Gasteiger partial charge in [-0.1, -0.05) is 13.2 Å². The van der Waals surface area contributed by atoms with Crippen LogP contribution >= 0.6 is 0 Å². The van der Waals surface area contributed by atoms with Gasteiger partial charge in [-0.05, 0) is 12.2 Å². The molecule has 4 nitrogen and oxygen atoms in total. The minimum atomic E-state index is -0.314. The van der Waals surface area contributed by atoms with Gasteiger partial charge in [-0.3, -0.25) is 0 Å². The predicted octanol–water partition coefficient (Wildman–Crippen LogP) is 0.841. The molecule has 0 bridgehead atoms. The summed E-state index contributed by atoms with van der Waals surface area (Å²) in [6.45, 7) is 8.24. The normalized spacial score (nSPS) is 42.6. The molecule has 2 saturated heterocycles. The van der Waals surface area contributed by atoms with E-state index in [4.69, 9.17) is 18.9 Å². The molecule has 2 heterocycles. The molecule has 0 amide bonds. The first-order chi connectivity index (χ1) is 6.83. The van der Waals surface area contributed by atoms with E-state index in [0.717, 1.165) is 0 Å². The van der Waals surface area contributed by atoms with E-state index in [-0.39, 0.29) is 24.8 Å². The second kappa shape index (κ2) is 4.23. The Labute approximate surface area is 83.1 Å². The van der Waals surface area contributed by atoms with Gasteiger partial charge in [0, 0.05) is 0 Å². The van der Waals surface area contributed by atoms with E-state index in [1.165, 1.54) is 0 Å². The fraction of sp³-hybridized carbons (Fsp3) is 0.600. The van der Waals surface area contributed by atoms with Gasteiger partial charge < -0.3 is 18.9 Å². The zero-order valence-electron chi connectivity index (χ0n) is 7.93. The molecule has 0 aromatic heterocycles. The predicted molar refractivity (Wildman–Crippen MR) is 49.6 cm³/mol. The van der Waals surface area contributed by atoms with Crippen LogP contribution in [0, 0.1) is 0 Å². The number of ether oxygens (including phenoxy) is 4. The lowest BCUT2D eigenvalue weighted by atomic mass is 10.2. The van der Waals surface area contributed by atoms with Crippen LogP contribution in [0.4, 0.5) is 0 Å². The average molecular weight is 198 g/mol. The zero-order valence-corrected chi connectivity index (χ0v) is 7.93. The van der Waals surface area contributed by atoms with Gasteiger partial charge in [-0.25, -0.2) is 0 Å². The Morgan fingerprint density at radius 1 is 0.857 bits per heavy atom. The third-order valence-electron chi connectivity index (χ3n) is 2.27. The highest BCUT2D eigenvalue weighted by molar-refractivity contribution is 4.87. The third kappa shape index (κ3) is 1.88. The van der Waals surface area contributed by atoms with E-state index in [9.17, 15) is 0 Å². The van der Waals surface area contributed by atoms with Crippen LogP contribution in [0.5, 0.6) is 0 Å². The first kappa shape index (κ1) is 9.86. The SMILES string of the molecule is C=CC1OCC(C2COC(C=C)O2)O1. The molecule has 0 spiro atoms. The summed E-state index contributed by atoms with van der Waals surface area (Å²) in [7, 11) is 0. The molecular weight excluding hydrogens is 184 g/mol. The Balaban J connectivity index is 1.85. The van der Waals surface area contributed by atoms with Gasteiger partial charge >= 0.3 is 0 Å². The van der Waals surface area contributed by atoms with Gasteiger partial charge in [0.2, 0.25) is 0 Å². The maximum atomic E-state index is 5.51. The van der Waals surface area contributed by atoms with Crippen molar-refractivity contribution >= 4 is 0 Å². The minimum Gasteiger partial charge on any atom is -0.346 e. The molecule has 2 aliphatic heterocycles. The maximum Gasteiger partial charge on any atom is 0.177 e. The zero-order chi connectivity index (χ0) is 9.97. The lowest BCUT2D eigenvalue weighted by molar-refractivity contribution is -0.0739. The fourth-order valence-electron chi connectivity index (χ4n) is 1.52. The molecule has 14 heavy (non-hydrogen) atoms. The third-order valence-corrected chi connectivity index (χ3v) is 2.27. The standard InChI is InChI=1S/C10H14O4/c1-3-9-11-5-7(13-9)8-6-12-10(4-2)14-8/h3-4,7-10H,1-2,5-6H2. The van der Waals surface area contributed by atoms with Crippen LogP contribution in [0.15, 0.2) is 25.3 Å². The van der Waals surface area contributed by atoms with Crippen LogP contribution in [0.1, 0.15) is 0 Å². The van der Waals surface area contributed by atoms with Crippen LogP contribution in [0.3, 0.4) is 0 Å². The molecule has 0 N–H and O–H groups in total. The molecule has 78 valence electrons. The van der Waals surface area contributed by atoms with Gasteiger partial charge in [0.15, 0.2) is 12.6 Å². The Kier molecular flexibility index (Phi) is 2.98. The lowest BCUT2D eigenvalue weighted by Gasteiger charge is -2.14. The summed E-state index contributed by atoms with van der Waals surface area (Å²) in [5, 5.41) is 0. The van der Waals surface area contributed by atoms with Crippen molar-refractivity contribution in [1.29, 1.82) is 0 Å². The molecule has 2 fully saturated rings. The molecule has 0 radical (unpaired) electrons. The molecule has 4 heteroatoms. The summed E-state index contributed by atoms with van der Waals surface area (Å²) >= 11 is 0. The van der Waals surface area contributed by atoms with Crippen molar-refractivity contribution in [1.82, 2.24) is 0 Å². The van der Waals surface area contributed by atoms with Crippen molar-refractivity contribution in [2.24, 2.45) is 0 Å². The van der Waals surface area contributed by atoms with E-state index in [1.807, 2.05) is 0 Å². The van der Waals surface area contributed by atoms with E-state index >= 15 is 0 Å². The summed E-state index contributed by atoms with van der Waals surface area (Å²) < 4.78 is 21.6. The van der Waals surface area contributed by atoms with E-state index < -0.39 is 0 Å². The van der Waals surface area contributed by atoms with Gasteiger partial charge in [-0.2, -0.15) is 0 Å². The van der Waals surface area contributed by atoms with Gasteiger partial charge in [0.25, 0.3) is 0 Å². The average Bonchev–Trinajstić information content (AvgIpc) is 2.86. The maximum absolute atomic E-state index is 5.51. The fourth-order valence-corrected chi connectivity index (χ4v) is 1.52. The lowest BCUT2D eigenvalue weighted by Crippen LogP contribution is -2.30. The highest BCUT2D eigenvalue weighted by Gasteiger charge is 2.37. The molecule has 0 aromatic carbocycles. The van der Waals surface area contributed by atoms with Crippen LogP contribution in [0.2, 0.25) is 0 Å². The molecular formula is C10H14O4. The summed E-state index contributed by atoms with van der Waals surface area (Å²) in [6, 6.07) is 0. The van der Waals surface area contributed by atoms with Crippen molar-refractivity contribution in [3.63, 3.8) is 0 Å². The Morgan fingerprint density at radius 3 is 1.57 bits per heavy atom. The molecule has 0 saturated carbocycles. The quantitative estimate of drug-likeness (QED) is 0.630. The van der Waals surface area contributed by atoms with E-state index in [1.54, 1.807) is 12.2 Å². The second-order valence-electron chi connectivity index (χ2n) is 3.22. The highest BCUT2D eigenvalue weighted by Crippen LogP contribution is 2.23. The molecule has 4 atom stereocenters. The minimum absolute atomic E-state index is 0.0667. The molecule has 4 unspecified atom stereocenters. The smallest absolute Gasteiger partial charge is 0.177 e. The van der Waals surface area contributed by atoms with Crippen molar-refractivity contribution in [2.75, 3.05) is 13.2 Å². The largest absolute Gasteiger partial charge is 0.346 e. The number of rotatable bonds is 3. The first-order valence-electron chi connectivity index (χ1n) is 4.62. The molecule has 2 aliphatic rings. The monoisotopic (exact) mass is 198 g/mol. The van der Waals surface area contributed by atoms with Crippen molar-refractivity contribution < 1.29 is 18.9 Å². The van der Waals surface area contributed by atoms with Crippen molar-refractivity contribution in [2.45, 2.75) is 24.8 Å². The highest BCUT2D eigenvalue weighted by atomic mass is 16.8. The van der Waals surface area contributed by atoms with Crippen LogP contribution in [0.25, 0.3) is 0 Å². The van der Waals surface area contributed by atoms with E-state index in [2.05, 4.69) is 13.2 Å². The summed E-state index contributed by atoms with van der Waals surface area (Å²) in [5.74, 6) is 0. The Hall–Kier alpha value is -0.680. The van der Waals surface area contributed by atoms with Gasteiger partial charge in [0.05, 0.1) is 13.2 Å². The van der Waals surface area contributed by atoms with Crippen molar-refractivity contribution in [3.8, 4) is 0 Å².